The highest BCUT2D eigenvalue weighted by atomic mass is 19.2. The van der Waals surface area contributed by atoms with Crippen LogP contribution < -0.4 is 0 Å². The fraction of sp³-hybridized carbons (Fsp3) is 0.182. The number of unbranched alkanes of at least 4 members (excludes halogenated alkanes) is 1. The van der Waals surface area contributed by atoms with E-state index in [0.717, 1.165) is 17.5 Å². The molecule has 0 saturated carbocycles. The Labute approximate surface area is 141 Å². The van der Waals surface area contributed by atoms with Crippen LogP contribution >= 0.6 is 0 Å². The Morgan fingerprint density at radius 2 is 1.38 bits per heavy atom. The van der Waals surface area contributed by atoms with E-state index >= 15 is 0 Å². The highest BCUT2D eigenvalue weighted by molar-refractivity contribution is 5.84. The van der Waals surface area contributed by atoms with E-state index in [9.17, 15) is 8.78 Å². The zero-order chi connectivity index (χ0) is 16.9. The van der Waals surface area contributed by atoms with Crippen molar-refractivity contribution < 1.29 is 8.78 Å². The molecule has 3 rings (SSSR count). The number of fused-ring (bicyclic) bond motifs is 1. The summed E-state index contributed by atoms with van der Waals surface area (Å²) in [4.78, 5) is 0. The molecule has 3 aromatic carbocycles. The second-order valence-corrected chi connectivity index (χ2v) is 5.88. The van der Waals surface area contributed by atoms with E-state index in [-0.39, 0.29) is 0 Å². The minimum atomic E-state index is -0.838. The van der Waals surface area contributed by atoms with E-state index in [1.165, 1.54) is 30.5 Å². The highest BCUT2D eigenvalue weighted by Gasteiger charge is 2.04. The van der Waals surface area contributed by atoms with Crippen molar-refractivity contribution in [3.8, 4) is 11.8 Å². The Bertz CT molecular complexity index is 912. The standard InChI is InChI=1S/C22H18F2/c1-2-3-4-16-5-7-17(8-6-16)9-10-18-11-12-19-14-21(23)22(24)15-20(19)13-18/h5-8,11-15H,2-4H2,1H3. The first kappa shape index (κ1) is 16.2. The van der Waals surface area contributed by atoms with Crippen molar-refractivity contribution in [2.75, 3.05) is 0 Å². The Morgan fingerprint density at radius 3 is 2.08 bits per heavy atom. The molecule has 0 atom stereocenters. The van der Waals surface area contributed by atoms with Crippen LogP contribution in [0.5, 0.6) is 0 Å². The quantitative estimate of drug-likeness (QED) is 0.530. The summed E-state index contributed by atoms with van der Waals surface area (Å²) < 4.78 is 26.6. The first-order chi connectivity index (χ1) is 11.7. The molecule has 24 heavy (non-hydrogen) atoms. The maximum atomic E-state index is 13.3. The molecule has 0 radical (unpaired) electrons. The number of halogens is 2. The average molecular weight is 320 g/mol. The molecule has 0 aliphatic heterocycles. The molecule has 0 aromatic heterocycles. The number of aryl methyl sites for hydroxylation is 1. The van der Waals surface area contributed by atoms with Gasteiger partial charge in [0.15, 0.2) is 11.6 Å². The van der Waals surface area contributed by atoms with E-state index < -0.39 is 11.6 Å². The lowest BCUT2D eigenvalue weighted by Crippen LogP contribution is -1.86. The molecule has 0 nitrogen and oxygen atoms in total. The van der Waals surface area contributed by atoms with E-state index in [1.54, 1.807) is 12.1 Å². The average Bonchev–Trinajstić information content (AvgIpc) is 2.60. The molecule has 2 heteroatoms. The summed E-state index contributed by atoms with van der Waals surface area (Å²) in [5.41, 5.74) is 3.05. The van der Waals surface area contributed by atoms with Gasteiger partial charge in [-0.25, -0.2) is 8.78 Å². The normalized spacial score (nSPS) is 10.5. The minimum absolute atomic E-state index is 0.649. The third-order valence-electron chi connectivity index (χ3n) is 4.00. The molecule has 3 aromatic rings. The Kier molecular flexibility index (Phi) is 4.91. The third kappa shape index (κ3) is 3.81. The molecule has 0 amide bonds. The van der Waals surface area contributed by atoms with Gasteiger partial charge in [0.25, 0.3) is 0 Å². The van der Waals surface area contributed by atoms with E-state index in [0.29, 0.717) is 10.8 Å². The lowest BCUT2D eigenvalue weighted by molar-refractivity contribution is 0.511. The molecule has 120 valence electrons. The van der Waals surface area contributed by atoms with Crippen LogP contribution in [0.2, 0.25) is 0 Å². The maximum Gasteiger partial charge on any atom is 0.159 e. The van der Waals surface area contributed by atoms with Crippen molar-refractivity contribution in [1.82, 2.24) is 0 Å². The smallest absolute Gasteiger partial charge is 0.159 e. The zero-order valence-electron chi connectivity index (χ0n) is 13.6. The van der Waals surface area contributed by atoms with Crippen molar-refractivity contribution in [3.63, 3.8) is 0 Å². The van der Waals surface area contributed by atoms with Crippen LogP contribution in [0.4, 0.5) is 8.78 Å². The summed E-state index contributed by atoms with van der Waals surface area (Å²) in [7, 11) is 0. The summed E-state index contributed by atoms with van der Waals surface area (Å²) in [5, 5.41) is 1.32. The molecule has 0 fully saturated rings. The van der Waals surface area contributed by atoms with Gasteiger partial charge in [0.2, 0.25) is 0 Å². The molecule has 0 heterocycles. The monoisotopic (exact) mass is 320 g/mol. The predicted molar refractivity (Wildman–Crippen MR) is 94.9 cm³/mol. The van der Waals surface area contributed by atoms with Gasteiger partial charge in [-0.3, -0.25) is 0 Å². The summed E-state index contributed by atoms with van der Waals surface area (Å²) in [6.07, 6.45) is 3.48. The second-order valence-electron chi connectivity index (χ2n) is 5.88. The highest BCUT2D eigenvalue weighted by Crippen LogP contribution is 2.19. The van der Waals surface area contributed by atoms with Crippen LogP contribution in [0.25, 0.3) is 10.8 Å². The van der Waals surface area contributed by atoms with Gasteiger partial charge in [-0.1, -0.05) is 43.4 Å². The van der Waals surface area contributed by atoms with E-state index in [2.05, 4.69) is 30.9 Å². The fourth-order valence-electron chi connectivity index (χ4n) is 2.60. The number of hydrogen-bond acceptors (Lipinski definition) is 0. The van der Waals surface area contributed by atoms with Gasteiger partial charge in [-0.2, -0.15) is 0 Å². The van der Waals surface area contributed by atoms with Crippen molar-refractivity contribution in [2.45, 2.75) is 26.2 Å². The van der Waals surface area contributed by atoms with Gasteiger partial charge in [-0.05, 0) is 65.6 Å². The lowest BCUT2D eigenvalue weighted by Gasteiger charge is -2.01. The first-order valence-corrected chi connectivity index (χ1v) is 8.15. The Hall–Kier alpha value is -2.66. The van der Waals surface area contributed by atoms with Crippen LogP contribution in [0, 0.1) is 23.5 Å². The molecule has 0 saturated heterocycles. The van der Waals surface area contributed by atoms with Crippen LogP contribution in [0.15, 0.2) is 54.6 Å². The van der Waals surface area contributed by atoms with E-state index in [1.807, 2.05) is 18.2 Å². The van der Waals surface area contributed by atoms with E-state index in [4.69, 9.17) is 0 Å². The number of hydrogen-bond donors (Lipinski definition) is 0. The molecule has 0 bridgehead atoms. The second kappa shape index (κ2) is 7.27. The van der Waals surface area contributed by atoms with Gasteiger partial charge >= 0.3 is 0 Å². The van der Waals surface area contributed by atoms with Gasteiger partial charge < -0.3 is 0 Å². The first-order valence-electron chi connectivity index (χ1n) is 8.15. The maximum absolute atomic E-state index is 13.3. The number of benzene rings is 3. The molecule has 0 aliphatic carbocycles. The Morgan fingerprint density at radius 1 is 0.750 bits per heavy atom. The molecule has 0 unspecified atom stereocenters. The van der Waals surface area contributed by atoms with Crippen LogP contribution in [-0.4, -0.2) is 0 Å². The predicted octanol–water partition coefficient (Wildman–Crippen LogP) is 5.86. The topological polar surface area (TPSA) is 0 Å². The molecule has 0 N–H and O–H groups in total. The third-order valence-corrected chi connectivity index (χ3v) is 4.00. The van der Waals surface area contributed by atoms with Crippen LogP contribution in [0.3, 0.4) is 0 Å². The number of rotatable bonds is 3. The van der Waals surface area contributed by atoms with Crippen molar-refractivity contribution in [2.24, 2.45) is 0 Å². The summed E-state index contributed by atoms with van der Waals surface area (Å²) in [6.45, 7) is 2.18. The molecular weight excluding hydrogens is 302 g/mol. The van der Waals surface area contributed by atoms with Crippen LogP contribution in [-0.2, 0) is 6.42 Å². The lowest BCUT2D eigenvalue weighted by atomic mass is 10.1. The molecule has 0 aliphatic rings. The minimum Gasteiger partial charge on any atom is -0.204 e. The van der Waals surface area contributed by atoms with Crippen molar-refractivity contribution in [3.05, 3.63) is 82.9 Å². The summed E-state index contributed by atoms with van der Waals surface area (Å²) >= 11 is 0. The summed E-state index contributed by atoms with van der Waals surface area (Å²) in [5.74, 6) is 4.53. The Balaban J connectivity index is 1.82. The largest absolute Gasteiger partial charge is 0.204 e. The van der Waals surface area contributed by atoms with Crippen molar-refractivity contribution >= 4 is 10.8 Å². The SMILES string of the molecule is CCCCc1ccc(C#Cc2ccc3cc(F)c(F)cc3c2)cc1. The van der Waals surface area contributed by atoms with Crippen molar-refractivity contribution in [1.29, 1.82) is 0 Å². The summed E-state index contributed by atoms with van der Waals surface area (Å²) in [6, 6.07) is 16.0. The molecular formula is C22H18F2. The fourth-order valence-corrected chi connectivity index (χ4v) is 2.60. The molecule has 0 spiro atoms. The van der Waals surface area contributed by atoms with Gasteiger partial charge in [0, 0.05) is 11.1 Å². The van der Waals surface area contributed by atoms with Gasteiger partial charge in [0.05, 0.1) is 0 Å². The van der Waals surface area contributed by atoms with Crippen LogP contribution in [0.1, 0.15) is 36.5 Å². The zero-order valence-corrected chi connectivity index (χ0v) is 13.6. The van der Waals surface area contributed by atoms with Gasteiger partial charge in [0.1, 0.15) is 0 Å². The van der Waals surface area contributed by atoms with Gasteiger partial charge in [-0.15, -0.1) is 0 Å².